The van der Waals surface area contributed by atoms with E-state index in [1.165, 1.54) is 45.3 Å². The van der Waals surface area contributed by atoms with Gasteiger partial charge in [0.1, 0.15) is 0 Å². The zero-order valence-electron chi connectivity index (χ0n) is 12.1. The molecule has 0 aromatic carbocycles. The summed E-state index contributed by atoms with van der Waals surface area (Å²) in [6.07, 6.45) is 5.59. The molecule has 0 aliphatic heterocycles. The number of rotatable bonds is 11. The molecule has 1 nitrogen and oxygen atoms in total. The molecule has 96 valence electrons. The number of hydrogen-bond acceptors (Lipinski definition) is 1. The molecule has 0 heterocycles. The van der Waals surface area contributed by atoms with E-state index in [1.54, 1.807) is 12.5 Å². The average molecular weight is 329 g/mol. The Labute approximate surface area is 112 Å². The topological polar surface area (TPSA) is 3.24 Å². The van der Waals surface area contributed by atoms with Crippen LogP contribution in [-0.4, -0.2) is 46.0 Å². The third-order valence-corrected chi connectivity index (χ3v) is 13.7. The third kappa shape index (κ3) is 8.92. The fraction of sp³-hybridized carbons (Fsp3) is 1.00. The molecular formula is C14H32InN. The molecule has 2 heteroatoms. The average Bonchev–Trinajstić information content (AvgIpc) is 2.30. The summed E-state index contributed by atoms with van der Waals surface area (Å²) in [5, 5.41) is 0. The first-order valence-electron chi connectivity index (χ1n) is 7.50. The fourth-order valence-corrected chi connectivity index (χ4v) is 8.88. The molecule has 0 aromatic heterocycles. The minimum absolute atomic E-state index is 0.963. The van der Waals surface area contributed by atoms with Gasteiger partial charge in [-0.2, -0.15) is 0 Å². The van der Waals surface area contributed by atoms with Crippen LogP contribution in [0.15, 0.2) is 0 Å². The van der Waals surface area contributed by atoms with Crippen LogP contribution in [0.4, 0.5) is 0 Å². The Hall–Kier alpha value is 0.830. The summed E-state index contributed by atoms with van der Waals surface area (Å²) in [5.74, 6) is 0. The Morgan fingerprint density at radius 3 is 1.75 bits per heavy atom. The standard InChI is InChI=1S/C10H22N.2C2H5.In/c1-4-7-10-11(8-5-2)9-6-3;2*1-2;/h1,4-10H2,2-3H3;2*1H2,2H3;. The van der Waals surface area contributed by atoms with Gasteiger partial charge in [0, 0.05) is 0 Å². The number of unbranched alkanes of at least 4 members (excludes halogenated alkanes) is 1. The zero-order valence-corrected chi connectivity index (χ0v) is 15.4. The molecule has 0 unspecified atom stereocenters. The van der Waals surface area contributed by atoms with Gasteiger partial charge < -0.3 is 0 Å². The first-order chi connectivity index (χ1) is 7.78. The molecule has 0 amide bonds. The van der Waals surface area contributed by atoms with Crippen molar-refractivity contribution in [3.63, 3.8) is 0 Å². The van der Waals surface area contributed by atoms with Crippen LogP contribution in [0.5, 0.6) is 0 Å². The van der Waals surface area contributed by atoms with Gasteiger partial charge in [0.25, 0.3) is 0 Å². The molecule has 0 N–H and O–H groups in total. The Balaban J connectivity index is 3.52. The van der Waals surface area contributed by atoms with Crippen LogP contribution in [0.2, 0.25) is 12.5 Å². The van der Waals surface area contributed by atoms with E-state index in [2.05, 4.69) is 32.6 Å². The molecule has 0 atom stereocenters. The molecule has 0 saturated heterocycles. The van der Waals surface area contributed by atoms with Gasteiger partial charge in [-0.05, 0) is 0 Å². The monoisotopic (exact) mass is 329 g/mol. The van der Waals surface area contributed by atoms with Crippen molar-refractivity contribution < 1.29 is 0 Å². The van der Waals surface area contributed by atoms with Gasteiger partial charge in [0.2, 0.25) is 0 Å². The van der Waals surface area contributed by atoms with E-state index in [0.717, 1.165) is 0 Å². The van der Waals surface area contributed by atoms with Crippen molar-refractivity contribution in [2.24, 2.45) is 0 Å². The third-order valence-electron chi connectivity index (χ3n) is 3.57. The van der Waals surface area contributed by atoms with Crippen molar-refractivity contribution in [1.82, 2.24) is 4.90 Å². The molecule has 0 fully saturated rings. The van der Waals surface area contributed by atoms with E-state index in [0.29, 0.717) is 0 Å². The summed E-state index contributed by atoms with van der Waals surface area (Å²) >= 11 is -0.963. The zero-order chi connectivity index (χ0) is 12.2. The van der Waals surface area contributed by atoms with Crippen LogP contribution in [0, 0.1) is 0 Å². The normalized spacial score (nSPS) is 11.1. The second-order valence-electron chi connectivity index (χ2n) is 5.02. The molecule has 0 aliphatic carbocycles. The van der Waals surface area contributed by atoms with Crippen LogP contribution in [0.3, 0.4) is 0 Å². The van der Waals surface area contributed by atoms with Crippen LogP contribution in [0.1, 0.15) is 53.4 Å². The first kappa shape index (κ1) is 16.8. The number of nitrogens with zero attached hydrogens (tertiary/aromatic N) is 1. The molecule has 0 saturated carbocycles. The summed E-state index contributed by atoms with van der Waals surface area (Å²) in [7, 11) is 0. The van der Waals surface area contributed by atoms with E-state index < -0.39 is 21.4 Å². The fourth-order valence-electron chi connectivity index (χ4n) is 2.43. The summed E-state index contributed by atoms with van der Waals surface area (Å²) < 4.78 is 4.80. The molecular weight excluding hydrogens is 297 g/mol. The van der Waals surface area contributed by atoms with E-state index in [4.69, 9.17) is 0 Å². The van der Waals surface area contributed by atoms with E-state index in [9.17, 15) is 0 Å². The van der Waals surface area contributed by atoms with Crippen LogP contribution < -0.4 is 0 Å². The summed E-state index contributed by atoms with van der Waals surface area (Å²) in [6.45, 7) is 13.4. The second kappa shape index (κ2) is 12.3. The Morgan fingerprint density at radius 1 is 0.750 bits per heavy atom. The predicted octanol–water partition coefficient (Wildman–Crippen LogP) is 4.42. The maximum atomic E-state index is 2.66. The molecule has 16 heavy (non-hydrogen) atoms. The van der Waals surface area contributed by atoms with Gasteiger partial charge in [0.05, 0.1) is 0 Å². The Bertz CT molecular complexity index is 129. The SMILES string of the molecule is CCCN(CCC)CCC[CH2][In]([CH2]C)[CH2]C. The van der Waals surface area contributed by atoms with E-state index in [-0.39, 0.29) is 0 Å². The summed E-state index contributed by atoms with van der Waals surface area (Å²) in [6, 6.07) is 0. The molecule has 0 spiro atoms. The van der Waals surface area contributed by atoms with E-state index >= 15 is 0 Å². The van der Waals surface area contributed by atoms with Gasteiger partial charge >= 0.3 is 112 Å². The van der Waals surface area contributed by atoms with Crippen LogP contribution >= 0.6 is 0 Å². The molecule has 0 radical (unpaired) electrons. The van der Waals surface area contributed by atoms with Crippen LogP contribution in [0.25, 0.3) is 0 Å². The summed E-state index contributed by atoms with van der Waals surface area (Å²) in [4.78, 5) is 2.66. The molecule has 0 bridgehead atoms. The maximum absolute atomic E-state index is 2.66. The van der Waals surface area contributed by atoms with Gasteiger partial charge in [-0.25, -0.2) is 0 Å². The molecule has 0 aliphatic rings. The van der Waals surface area contributed by atoms with Gasteiger partial charge in [-0.15, -0.1) is 0 Å². The molecule has 0 rings (SSSR count). The Morgan fingerprint density at radius 2 is 1.31 bits per heavy atom. The van der Waals surface area contributed by atoms with Crippen molar-refractivity contribution in [3.05, 3.63) is 0 Å². The second-order valence-corrected chi connectivity index (χ2v) is 16.3. The predicted molar refractivity (Wildman–Crippen MR) is 77.8 cm³/mol. The van der Waals surface area contributed by atoms with Gasteiger partial charge in [-0.1, -0.05) is 0 Å². The first-order valence-corrected chi connectivity index (χ1v) is 14.5. The van der Waals surface area contributed by atoms with Crippen molar-refractivity contribution in [2.75, 3.05) is 19.6 Å². The van der Waals surface area contributed by atoms with E-state index in [1.807, 2.05) is 0 Å². The van der Waals surface area contributed by atoms with Gasteiger partial charge in [0.15, 0.2) is 0 Å². The van der Waals surface area contributed by atoms with Gasteiger partial charge in [-0.3, -0.25) is 0 Å². The number of hydrogen-bond donors (Lipinski definition) is 0. The minimum atomic E-state index is -0.963. The van der Waals surface area contributed by atoms with Crippen molar-refractivity contribution in [2.45, 2.75) is 65.9 Å². The Kier molecular flexibility index (Phi) is 12.9. The molecule has 0 aromatic rings. The quantitative estimate of drug-likeness (QED) is 0.507. The van der Waals surface area contributed by atoms with Crippen LogP contribution in [-0.2, 0) is 0 Å². The van der Waals surface area contributed by atoms with Crippen molar-refractivity contribution in [1.29, 1.82) is 0 Å². The summed E-state index contributed by atoms with van der Waals surface area (Å²) in [5.41, 5.74) is 0. The van der Waals surface area contributed by atoms with Crippen molar-refractivity contribution >= 4 is 21.4 Å². The van der Waals surface area contributed by atoms with Crippen molar-refractivity contribution in [3.8, 4) is 0 Å².